The lowest BCUT2D eigenvalue weighted by Gasteiger charge is -2.51. The van der Waals surface area contributed by atoms with Crippen molar-refractivity contribution in [3.05, 3.63) is 42.0 Å². The number of carbonyl (C=O) groups is 1. The van der Waals surface area contributed by atoms with E-state index in [1.54, 1.807) is 13.2 Å². The molecule has 0 heterocycles. The molecule has 0 N–H and O–H groups in total. The number of carbonyl (C=O) groups excluding carboxylic acids is 1. The van der Waals surface area contributed by atoms with E-state index in [1.165, 1.54) is 17.5 Å². The number of methoxy groups -OCH3 is 1. The number of fused-ring (bicyclic) bond motifs is 3. The Kier molecular flexibility index (Phi) is 4.85. The largest absolute Gasteiger partial charge is 0.497 e. The molecule has 1 saturated carbocycles. The molecule has 0 spiro atoms. The molecule has 24 heavy (non-hydrogen) atoms. The minimum absolute atomic E-state index is 0.173. The van der Waals surface area contributed by atoms with Gasteiger partial charge >= 0.3 is 0 Å². The lowest BCUT2D eigenvalue weighted by atomic mass is 9.52. The van der Waals surface area contributed by atoms with E-state index >= 15 is 0 Å². The van der Waals surface area contributed by atoms with Crippen molar-refractivity contribution in [2.45, 2.75) is 58.3 Å². The van der Waals surface area contributed by atoms with Gasteiger partial charge in [-0.3, -0.25) is 4.79 Å². The fourth-order valence-corrected chi connectivity index (χ4v) is 5.47. The third-order valence-corrected chi connectivity index (χ3v) is 6.73. The quantitative estimate of drug-likeness (QED) is 0.685. The number of hydrogen-bond acceptors (Lipinski definition) is 2. The van der Waals surface area contributed by atoms with Crippen LogP contribution >= 0.6 is 0 Å². The first-order chi connectivity index (χ1) is 11.5. The fraction of sp³-hybridized carbons (Fsp3) is 0.591. The lowest BCUT2D eigenvalue weighted by Crippen LogP contribution is -2.46. The molecule has 3 rings (SSSR count). The summed E-state index contributed by atoms with van der Waals surface area (Å²) in [6, 6.07) is 6.58. The van der Waals surface area contributed by atoms with Crippen molar-refractivity contribution in [1.29, 1.82) is 0 Å². The van der Waals surface area contributed by atoms with Gasteiger partial charge in [0.05, 0.1) is 7.11 Å². The second-order valence-corrected chi connectivity index (χ2v) is 7.76. The number of hydrogen-bond donors (Lipinski definition) is 0. The Labute approximate surface area is 146 Å². The standard InChI is InChI=1S/C22H30O2/c1-5-7-21(23)22(3)13-12-18-17-11-9-16(24-4)14-15(17)8-10-19(18)20(22)6-2/h5,9,11,14,18-20H,1,6-8,10,12-13H2,2-4H3/t18-,19-,20+,22+/m1/s1. The molecule has 0 bridgehead atoms. The van der Waals surface area contributed by atoms with Crippen molar-refractivity contribution < 1.29 is 9.53 Å². The van der Waals surface area contributed by atoms with Gasteiger partial charge in [0, 0.05) is 11.8 Å². The highest BCUT2D eigenvalue weighted by atomic mass is 16.5. The summed E-state index contributed by atoms with van der Waals surface area (Å²) in [6.07, 6.45) is 7.81. The zero-order valence-corrected chi connectivity index (χ0v) is 15.3. The van der Waals surface area contributed by atoms with E-state index < -0.39 is 0 Å². The SMILES string of the molecule is C=CCC(=O)[C@@]1(C)CC[C@@H]2c3ccc(OC)cc3CC[C@H]2[C@@H]1CC. The summed E-state index contributed by atoms with van der Waals surface area (Å²) in [5.41, 5.74) is 2.78. The highest BCUT2D eigenvalue weighted by Gasteiger charge is 2.50. The molecule has 130 valence electrons. The molecule has 2 aliphatic carbocycles. The van der Waals surface area contributed by atoms with Crippen LogP contribution in [0.3, 0.4) is 0 Å². The maximum atomic E-state index is 12.8. The van der Waals surface area contributed by atoms with Gasteiger partial charge in [-0.2, -0.15) is 0 Å². The second-order valence-electron chi connectivity index (χ2n) is 7.76. The summed E-state index contributed by atoms with van der Waals surface area (Å²) in [7, 11) is 1.73. The molecule has 1 aromatic rings. The van der Waals surface area contributed by atoms with Crippen LogP contribution in [-0.2, 0) is 11.2 Å². The first-order valence-electron chi connectivity index (χ1n) is 9.36. The van der Waals surface area contributed by atoms with Gasteiger partial charge in [-0.15, -0.1) is 6.58 Å². The van der Waals surface area contributed by atoms with Crippen molar-refractivity contribution >= 4 is 5.78 Å². The van der Waals surface area contributed by atoms with E-state index in [9.17, 15) is 4.79 Å². The Morgan fingerprint density at radius 3 is 2.88 bits per heavy atom. The van der Waals surface area contributed by atoms with Crippen LogP contribution in [0.15, 0.2) is 30.9 Å². The Morgan fingerprint density at radius 1 is 1.42 bits per heavy atom. The summed E-state index contributed by atoms with van der Waals surface area (Å²) < 4.78 is 5.40. The number of Topliss-reactive ketones (excluding diaryl/α,β-unsaturated/α-hetero) is 1. The smallest absolute Gasteiger partial charge is 0.142 e. The van der Waals surface area contributed by atoms with Crippen molar-refractivity contribution in [3.8, 4) is 5.75 Å². The Balaban J connectivity index is 1.92. The summed E-state index contributed by atoms with van der Waals surface area (Å²) in [5, 5.41) is 0. The topological polar surface area (TPSA) is 26.3 Å². The summed E-state index contributed by atoms with van der Waals surface area (Å²) in [4.78, 5) is 12.8. The van der Waals surface area contributed by atoms with Gasteiger partial charge in [-0.05, 0) is 66.7 Å². The molecule has 0 unspecified atom stereocenters. The molecule has 0 amide bonds. The first-order valence-corrected chi connectivity index (χ1v) is 9.36. The van der Waals surface area contributed by atoms with E-state index in [2.05, 4.69) is 38.6 Å². The number of ether oxygens (including phenoxy) is 1. The molecule has 2 nitrogen and oxygen atoms in total. The predicted molar refractivity (Wildman–Crippen MR) is 98.5 cm³/mol. The molecular weight excluding hydrogens is 296 g/mol. The van der Waals surface area contributed by atoms with Crippen LogP contribution in [0.2, 0.25) is 0 Å². The number of benzene rings is 1. The molecule has 0 aliphatic heterocycles. The molecule has 0 radical (unpaired) electrons. The minimum atomic E-state index is -0.173. The summed E-state index contributed by atoms with van der Waals surface area (Å²) >= 11 is 0. The first kappa shape index (κ1) is 17.3. The van der Waals surface area contributed by atoms with Crippen LogP contribution in [0.4, 0.5) is 0 Å². The van der Waals surface area contributed by atoms with E-state index in [0.29, 0.717) is 30.0 Å². The highest BCUT2D eigenvalue weighted by Crippen LogP contribution is 2.56. The highest BCUT2D eigenvalue weighted by molar-refractivity contribution is 5.86. The number of aryl methyl sites for hydroxylation is 1. The third-order valence-electron chi connectivity index (χ3n) is 6.73. The summed E-state index contributed by atoms with van der Waals surface area (Å²) in [5.74, 6) is 3.07. The van der Waals surface area contributed by atoms with Crippen LogP contribution in [0.25, 0.3) is 0 Å². The fourth-order valence-electron chi connectivity index (χ4n) is 5.47. The van der Waals surface area contributed by atoms with Gasteiger partial charge in [0.1, 0.15) is 11.5 Å². The molecule has 4 atom stereocenters. The van der Waals surface area contributed by atoms with E-state index in [4.69, 9.17) is 4.74 Å². The lowest BCUT2D eigenvalue weighted by molar-refractivity contribution is -0.135. The van der Waals surface area contributed by atoms with Gasteiger partial charge in [0.15, 0.2) is 0 Å². The monoisotopic (exact) mass is 326 g/mol. The van der Waals surface area contributed by atoms with Gasteiger partial charge in [-0.25, -0.2) is 0 Å². The second kappa shape index (κ2) is 6.74. The predicted octanol–water partition coefficient (Wildman–Crippen LogP) is 5.31. The van der Waals surface area contributed by atoms with Crippen LogP contribution in [0.1, 0.15) is 63.0 Å². The molecular formula is C22H30O2. The van der Waals surface area contributed by atoms with Gasteiger partial charge < -0.3 is 4.74 Å². The molecule has 2 heteroatoms. The van der Waals surface area contributed by atoms with Crippen molar-refractivity contribution in [3.63, 3.8) is 0 Å². The molecule has 1 fully saturated rings. The van der Waals surface area contributed by atoms with Gasteiger partial charge in [0.2, 0.25) is 0 Å². The molecule has 2 aliphatic rings. The van der Waals surface area contributed by atoms with Crippen LogP contribution in [0, 0.1) is 17.3 Å². The van der Waals surface area contributed by atoms with E-state index in [1.807, 2.05) is 0 Å². The van der Waals surface area contributed by atoms with E-state index in [0.717, 1.165) is 31.4 Å². The number of rotatable bonds is 5. The van der Waals surface area contributed by atoms with Crippen molar-refractivity contribution in [1.82, 2.24) is 0 Å². The molecule has 0 saturated heterocycles. The summed E-state index contributed by atoms with van der Waals surface area (Å²) in [6.45, 7) is 8.25. The van der Waals surface area contributed by atoms with Crippen molar-refractivity contribution in [2.24, 2.45) is 17.3 Å². The van der Waals surface area contributed by atoms with Gasteiger partial charge in [0.25, 0.3) is 0 Å². The Bertz CT molecular complexity index is 633. The average Bonchev–Trinajstić information content (AvgIpc) is 2.60. The zero-order valence-electron chi connectivity index (χ0n) is 15.3. The molecule has 1 aromatic carbocycles. The van der Waals surface area contributed by atoms with Crippen molar-refractivity contribution in [2.75, 3.05) is 7.11 Å². The Hall–Kier alpha value is -1.57. The Morgan fingerprint density at radius 2 is 2.21 bits per heavy atom. The normalized spacial score (nSPS) is 31.7. The average molecular weight is 326 g/mol. The maximum Gasteiger partial charge on any atom is 0.142 e. The molecule has 0 aromatic heterocycles. The van der Waals surface area contributed by atoms with Crippen LogP contribution in [-0.4, -0.2) is 12.9 Å². The van der Waals surface area contributed by atoms with Gasteiger partial charge in [-0.1, -0.05) is 32.4 Å². The zero-order chi connectivity index (χ0) is 17.3. The third kappa shape index (κ3) is 2.70. The minimum Gasteiger partial charge on any atom is -0.497 e. The maximum absolute atomic E-state index is 12.8. The van der Waals surface area contributed by atoms with E-state index in [-0.39, 0.29) is 5.41 Å². The number of allylic oxidation sites excluding steroid dienone is 1. The number of ketones is 1. The van der Waals surface area contributed by atoms with Crippen LogP contribution < -0.4 is 4.74 Å². The van der Waals surface area contributed by atoms with Crippen LogP contribution in [0.5, 0.6) is 5.75 Å².